The number of carbonyl (C=O) groups excluding carboxylic acids is 1. The van der Waals surface area contributed by atoms with Gasteiger partial charge in [0.15, 0.2) is 5.69 Å². The predicted molar refractivity (Wildman–Crippen MR) is 125 cm³/mol. The van der Waals surface area contributed by atoms with E-state index >= 15 is 0 Å². The Bertz CT molecular complexity index is 1460. The van der Waals surface area contributed by atoms with E-state index in [4.69, 9.17) is 5.73 Å². The number of rotatable bonds is 6. The highest BCUT2D eigenvalue weighted by molar-refractivity contribution is 5.95. The van der Waals surface area contributed by atoms with Crippen molar-refractivity contribution in [1.29, 1.82) is 5.26 Å². The first kappa shape index (κ1) is 23.5. The molecule has 2 aromatic carbocycles. The van der Waals surface area contributed by atoms with Gasteiger partial charge in [0.05, 0.1) is 11.7 Å². The van der Waals surface area contributed by atoms with Crippen molar-refractivity contribution >= 4 is 11.7 Å². The van der Waals surface area contributed by atoms with Crippen molar-refractivity contribution in [1.82, 2.24) is 20.1 Å². The van der Waals surface area contributed by atoms with Gasteiger partial charge in [0.1, 0.15) is 23.5 Å². The lowest BCUT2D eigenvalue weighted by atomic mass is 10.00. The maximum atomic E-state index is 14.9. The summed E-state index contributed by atoms with van der Waals surface area (Å²) in [4.78, 5) is 16.6. The van der Waals surface area contributed by atoms with Crippen LogP contribution in [0.3, 0.4) is 0 Å². The van der Waals surface area contributed by atoms with Crippen LogP contribution in [0.25, 0.3) is 22.3 Å². The molecule has 35 heavy (non-hydrogen) atoms. The second-order valence-corrected chi connectivity index (χ2v) is 7.81. The Hall–Kier alpha value is -4.62. The number of nitrogens with zero attached hydrogens (tertiary/aromatic N) is 4. The molecule has 4 aromatic rings. The first-order valence-electron chi connectivity index (χ1n) is 10.5. The van der Waals surface area contributed by atoms with Crippen LogP contribution in [0.4, 0.5) is 14.6 Å². The van der Waals surface area contributed by atoms with E-state index in [1.807, 2.05) is 6.07 Å². The smallest absolute Gasteiger partial charge is 0.254 e. The number of aliphatic hydroxyl groups is 1. The molecular weight excluding hydrogens is 454 g/mol. The van der Waals surface area contributed by atoms with Crippen LogP contribution in [0.2, 0.25) is 0 Å². The Balaban J connectivity index is 1.55. The van der Waals surface area contributed by atoms with Crippen LogP contribution >= 0.6 is 0 Å². The molecule has 10 heteroatoms. The van der Waals surface area contributed by atoms with Gasteiger partial charge in [0.25, 0.3) is 5.91 Å². The summed E-state index contributed by atoms with van der Waals surface area (Å²) in [7, 11) is 1.69. The Labute approximate surface area is 199 Å². The van der Waals surface area contributed by atoms with Gasteiger partial charge in [0.2, 0.25) is 0 Å². The van der Waals surface area contributed by atoms with Crippen LogP contribution in [0.5, 0.6) is 0 Å². The lowest BCUT2D eigenvalue weighted by Crippen LogP contribution is -2.29. The number of nitrogens with two attached hydrogens (primary N) is 1. The van der Waals surface area contributed by atoms with E-state index in [1.165, 1.54) is 41.2 Å². The molecule has 1 atom stereocenters. The van der Waals surface area contributed by atoms with E-state index in [-0.39, 0.29) is 29.2 Å². The zero-order valence-corrected chi connectivity index (χ0v) is 18.5. The first-order chi connectivity index (χ1) is 16.8. The van der Waals surface area contributed by atoms with Crippen molar-refractivity contribution in [2.75, 3.05) is 12.3 Å². The SMILES string of the molecule is Cn1cc(-c2cnc(N)c(-c3ccc(C(=O)NC[C@@H](O)c4cccc(F)c4)c(F)c3)c2)c(C#N)n1. The Morgan fingerprint density at radius 3 is 2.71 bits per heavy atom. The number of nitrogens with one attached hydrogen (secondary N) is 1. The van der Waals surface area contributed by atoms with Crippen molar-refractivity contribution in [3.63, 3.8) is 0 Å². The molecule has 2 aromatic heterocycles. The zero-order valence-electron chi connectivity index (χ0n) is 18.5. The number of aromatic nitrogens is 3. The highest BCUT2D eigenvalue weighted by Gasteiger charge is 2.18. The molecule has 4 rings (SSSR count). The van der Waals surface area contributed by atoms with Crippen molar-refractivity contribution in [3.05, 3.63) is 89.4 Å². The van der Waals surface area contributed by atoms with E-state index in [9.17, 15) is 23.9 Å². The van der Waals surface area contributed by atoms with Gasteiger partial charge in [-0.05, 0) is 41.5 Å². The molecule has 0 aliphatic heterocycles. The number of amides is 1. The molecule has 0 aliphatic carbocycles. The number of nitriles is 1. The lowest BCUT2D eigenvalue weighted by Gasteiger charge is -2.13. The molecular formula is C25H20F2N6O2. The van der Waals surface area contributed by atoms with Gasteiger partial charge in [-0.25, -0.2) is 13.8 Å². The number of aryl methyl sites for hydroxylation is 1. The van der Waals surface area contributed by atoms with Gasteiger partial charge in [-0.2, -0.15) is 10.4 Å². The third kappa shape index (κ3) is 5.00. The molecule has 0 bridgehead atoms. The number of pyridine rings is 1. The maximum absolute atomic E-state index is 14.9. The summed E-state index contributed by atoms with van der Waals surface area (Å²) in [5.41, 5.74) is 8.21. The minimum Gasteiger partial charge on any atom is -0.387 e. The number of halogens is 2. The molecule has 8 nitrogen and oxygen atoms in total. The predicted octanol–water partition coefficient (Wildman–Crippen LogP) is 3.34. The number of anilines is 1. The van der Waals surface area contributed by atoms with Crippen molar-refractivity contribution in [2.45, 2.75) is 6.10 Å². The fourth-order valence-electron chi connectivity index (χ4n) is 3.62. The van der Waals surface area contributed by atoms with Gasteiger partial charge < -0.3 is 16.2 Å². The highest BCUT2D eigenvalue weighted by atomic mass is 19.1. The molecule has 0 saturated heterocycles. The minimum absolute atomic E-state index is 0.144. The molecule has 2 heterocycles. The van der Waals surface area contributed by atoms with Crippen LogP contribution in [0.1, 0.15) is 27.7 Å². The third-order valence-corrected chi connectivity index (χ3v) is 5.38. The van der Waals surface area contributed by atoms with E-state index in [1.54, 1.807) is 19.3 Å². The van der Waals surface area contributed by atoms with Crippen LogP contribution < -0.4 is 11.1 Å². The number of aliphatic hydroxyl groups excluding tert-OH is 1. The van der Waals surface area contributed by atoms with Gasteiger partial charge in [-0.1, -0.05) is 18.2 Å². The topological polar surface area (TPSA) is 130 Å². The molecule has 4 N–H and O–H groups in total. The average Bonchev–Trinajstić information content (AvgIpc) is 3.23. The number of hydrogen-bond acceptors (Lipinski definition) is 6. The quantitative estimate of drug-likeness (QED) is 0.393. The standard InChI is InChI=1S/C25H20F2N6O2/c1-33-13-20(22(10-28)32-33)16-8-19(24(29)30-11-16)14-5-6-18(21(27)9-14)25(35)31-12-23(34)15-3-2-4-17(26)7-15/h2-9,11,13,23,34H,12H2,1H3,(H2,29,30)(H,31,35)/t23-/m1/s1. The summed E-state index contributed by atoms with van der Waals surface area (Å²) in [5, 5.41) is 26.0. The molecule has 0 unspecified atom stereocenters. The zero-order chi connectivity index (χ0) is 25.1. The van der Waals surface area contributed by atoms with E-state index in [0.29, 0.717) is 22.3 Å². The summed E-state index contributed by atoms with van der Waals surface area (Å²) < 4.78 is 29.7. The average molecular weight is 474 g/mol. The van der Waals surface area contributed by atoms with Crippen molar-refractivity contribution in [2.24, 2.45) is 7.05 Å². The maximum Gasteiger partial charge on any atom is 0.254 e. The minimum atomic E-state index is -1.16. The van der Waals surface area contributed by atoms with Crippen LogP contribution in [0.15, 0.2) is 60.9 Å². The van der Waals surface area contributed by atoms with Crippen LogP contribution in [-0.2, 0) is 7.05 Å². The van der Waals surface area contributed by atoms with Crippen LogP contribution in [0, 0.1) is 23.0 Å². The van der Waals surface area contributed by atoms with E-state index < -0.39 is 23.6 Å². The number of carbonyl (C=O) groups is 1. The Morgan fingerprint density at radius 2 is 2.00 bits per heavy atom. The molecule has 0 fully saturated rings. The first-order valence-corrected chi connectivity index (χ1v) is 10.5. The summed E-state index contributed by atoms with van der Waals surface area (Å²) in [6, 6.07) is 13.0. The second kappa shape index (κ2) is 9.70. The largest absolute Gasteiger partial charge is 0.387 e. The summed E-state index contributed by atoms with van der Waals surface area (Å²) >= 11 is 0. The summed E-state index contributed by atoms with van der Waals surface area (Å²) in [6.45, 7) is -0.227. The Kier molecular flexibility index (Phi) is 6.53. The summed E-state index contributed by atoms with van der Waals surface area (Å²) in [5.74, 6) is -1.91. The fourth-order valence-corrected chi connectivity index (χ4v) is 3.62. The Morgan fingerprint density at radius 1 is 1.20 bits per heavy atom. The summed E-state index contributed by atoms with van der Waals surface area (Å²) in [6.07, 6.45) is 2.01. The van der Waals surface area contributed by atoms with Gasteiger partial charge >= 0.3 is 0 Å². The number of hydrogen-bond donors (Lipinski definition) is 3. The molecule has 176 valence electrons. The van der Waals surface area contributed by atoms with Gasteiger partial charge in [-0.15, -0.1) is 0 Å². The molecule has 0 aliphatic rings. The third-order valence-electron chi connectivity index (χ3n) is 5.38. The molecule has 0 saturated carbocycles. The van der Waals surface area contributed by atoms with Crippen LogP contribution in [-0.4, -0.2) is 32.3 Å². The van der Waals surface area contributed by atoms with Crippen molar-refractivity contribution in [3.8, 4) is 28.3 Å². The number of nitrogen functional groups attached to an aromatic ring is 1. The second-order valence-electron chi connectivity index (χ2n) is 7.81. The highest BCUT2D eigenvalue weighted by Crippen LogP contribution is 2.31. The van der Waals surface area contributed by atoms with Gasteiger partial charge in [-0.3, -0.25) is 9.48 Å². The molecule has 0 radical (unpaired) electrons. The molecule has 1 amide bonds. The molecule has 0 spiro atoms. The van der Waals surface area contributed by atoms with Gasteiger partial charge in [0, 0.05) is 42.7 Å². The normalized spacial score (nSPS) is 11.6. The van der Waals surface area contributed by atoms with E-state index in [0.717, 1.165) is 12.1 Å². The monoisotopic (exact) mass is 474 g/mol. The van der Waals surface area contributed by atoms with Crippen molar-refractivity contribution < 1.29 is 18.7 Å². The number of benzene rings is 2. The lowest BCUT2D eigenvalue weighted by molar-refractivity contribution is 0.0912. The fraction of sp³-hybridized carbons (Fsp3) is 0.120. The van der Waals surface area contributed by atoms with E-state index in [2.05, 4.69) is 15.4 Å².